The molecule has 0 unspecified atom stereocenters. The Labute approximate surface area is 251 Å². The van der Waals surface area contributed by atoms with Crippen LogP contribution in [0, 0.1) is 0 Å². The summed E-state index contributed by atoms with van der Waals surface area (Å²) < 4.78 is 12.1. The number of carbonyl (C=O) groups excluding carboxylic acids is 4. The summed E-state index contributed by atoms with van der Waals surface area (Å²) in [7, 11) is 0. The molecule has 12 heteroatoms. The van der Waals surface area contributed by atoms with Crippen LogP contribution in [-0.4, -0.2) is 96.8 Å². The third kappa shape index (κ3) is 8.68. The molecule has 5 N–H and O–H groups in total. The number of likely N-dealkylation sites (tertiary alicyclic amines) is 1. The highest BCUT2D eigenvalue weighted by Gasteiger charge is 2.44. The molecule has 4 amide bonds. The second-order valence-corrected chi connectivity index (χ2v) is 10.9. The van der Waals surface area contributed by atoms with E-state index in [0.717, 1.165) is 5.56 Å². The smallest absolute Gasteiger partial charge is 0.264 e. The van der Waals surface area contributed by atoms with Gasteiger partial charge >= 0.3 is 0 Å². The number of ether oxygens (including phenoxy) is 2. The van der Waals surface area contributed by atoms with Gasteiger partial charge in [-0.15, -0.1) is 0 Å². The zero-order valence-corrected chi connectivity index (χ0v) is 24.6. The van der Waals surface area contributed by atoms with E-state index in [4.69, 9.17) is 9.47 Å². The number of rotatable bonds is 4. The lowest BCUT2D eigenvalue weighted by molar-refractivity contribution is -0.144. The summed E-state index contributed by atoms with van der Waals surface area (Å²) in [6.45, 7) is 5.09. The molecule has 3 aliphatic rings. The van der Waals surface area contributed by atoms with Crippen molar-refractivity contribution in [3.05, 3.63) is 60.2 Å². The Bertz CT molecular complexity index is 1250. The predicted molar refractivity (Wildman–Crippen MR) is 158 cm³/mol. The maximum atomic E-state index is 13.8. The number of hydrogen-bond acceptors (Lipinski definition) is 8. The SMILES string of the molecule is C[C@@H]1NC(=O)[C@H](Cc2ccccc2)NC(=O)[C@H](C)NC(=O)C2(CCN(CCO)CC2)Oc2ccc(cc2)OCCNC1=O. The van der Waals surface area contributed by atoms with Gasteiger partial charge in [-0.1, -0.05) is 30.3 Å². The Morgan fingerprint density at radius 1 is 0.837 bits per heavy atom. The molecular formula is C31H41N5O7. The maximum absolute atomic E-state index is 13.8. The first kappa shape index (κ1) is 31.8. The van der Waals surface area contributed by atoms with E-state index in [1.807, 2.05) is 30.3 Å². The van der Waals surface area contributed by atoms with Crippen LogP contribution in [0.5, 0.6) is 11.5 Å². The molecule has 2 aromatic rings. The van der Waals surface area contributed by atoms with Gasteiger partial charge in [0.25, 0.3) is 5.91 Å². The van der Waals surface area contributed by atoms with Gasteiger partial charge in [-0.05, 0) is 43.7 Å². The summed E-state index contributed by atoms with van der Waals surface area (Å²) in [5.41, 5.74) is -0.430. The van der Waals surface area contributed by atoms with Gasteiger partial charge < -0.3 is 40.7 Å². The lowest BCUT2D eigenvalue weighted by Gasteiger charge is -2.41. The Kier molecular flexibility index (Phi) is 11.0. The van der Waals surface area contributed by atoms with E-state index in [1.165, 1.54) is 0 Å². The van der Waals surface area contributed by atoms with Crippen molar-refractivity contribution < 1.29 is 33.8 Å². The first-order valence-corrected chi connectivity index (χ1v) is 14.7. The Morgan fingerprint density at radius 2 is 1.49 bits per heavy atom. The monoisotopic (exact) mass is 595 g/mol. The third-order valence-electron chi connectivity index (χ3n) is 7.71. The van der Waals surface area contributed by atoms with Gasteiger partial charge in [0.2, 0.25) is 17.7 Å². The molecular weight excluding hydrogens is 554 g/mol. The maximum Gasteiger partial charge on any atom is 0.264 e. The van der Waals surface area contributed by atoms with E-state index >= 15 is 0 Å². The molecule has 43 heavy (non-hydrogen) atoms. The fourth-order valence-corrected chi connectivity index (χ4v) is 5.11. The van der Waals surface area contributed by atoms with Gasteiger partial charge in [-0.25, -0.2) is 0 Å². The number of carbonyl (C=O) groups is 4. The fraction of sp³-hybridized carbons (Fsp3) is 0.484. The van der Waals surface area contributed by atoms with Gasteiger partial charge in [0.1, 0.15) is 36.2 Å². The van der Waals surface area contributed by atoms with E-state index < -0.39 is 47.4 Å². The number of piperidine rings is 1. The number of nitrogens with one attached hydrogen (secondary N) is 4. The molecule has 3 aliphatic heterocycles. The number of hydrogen-bond donors (Lipinski definition) is 5. The van der Waals surface area contributed by atoms with E-state index in [1.54, 1.807) is 38.1 Å². The second kappa shape index (κ2) is 14.8. The highest BCUT2D eigenvalue weighted by Crippen LogP contribution is 2.30. The summed E-state index contributed by atoms with van der Waals surface area (Å²) in [6.07, 6.45) is 0.884. The number of aliphatic hydroxyl groups excluding tert-OH is 1. The zero-order valence-electron chi connectivity index (χ0n) is 24.6. The van der Waals surface area contributed by atoms with Gasteiger partial charge in [0.05, 0.1) is 13.2 Å². The summed E-state index contributed by atoms with van der Waals surface area (Å²) >= 11 is 0. The standard InChI is InChI=1S/C31H41N5O7/c1-21-27(38)32-14-19-42-24-8-10-25(11-9-24)43-31(12-15-36(16-13-31)17-18-37)30(41)34-22(2)28(39)35-26(29(40)33-21)20-23-6-4-3-5-7-23/h3-11,21-22,26,37H,12-20H2,1-2H3,(H,32,38)(H,33,40)(H,34,41)(H,35,39)/t21-,22-,26-/m0/s1. The predicted octanol–water partition coefficient (Wildman–Crippen LogP) is 0.138. The van der Waals surface area contributed by atoms with E-state index in [9.17, 15) is 24.3 Å². The van der Waals surface area contributed by atoms with Crippen molar-refractivity contribution in [2.24, 2.45) is 0 Å². The van der Waals surface area contributed by atoms with Gasteiger partial charge in [0.15, 0.2) is 5.60 Å². The van der Waals surface area contributed by atoms with Crippen LogP contribution >= 0.6 is 0 Å². The zero-order chi connectivity index (χ0) is 30.8. The lowest BCUT2D eigenvalue weighted by atomic mass is 9.89. The van der Waals surface area contributed by atoms with Crippen LogP contribution in [0.25, 0.3) is 0 Å². The normalized spacial score (nSPS) is 24.1. The van der Waals surface area contributed by atoms with Crippen LogP contribution in [0.3, 0.4) is 0 Å². The van der Waals surface area contributed by atoms with Crippen LogP contribution < -0.4 is 30.7 Å². The Hall–Kier alpha value is -4.16. The number of amides is 4. The molecule has 232 valence electrons. The minimum atomic E-state index is -1.25. The largest absolute Gasteiger partial charge is 0.492 e. The van der Waals surface area contributed by atoms with Crippen LogP contribution in [0.1, 0.15) is 32.3 Å². The molecule has 3 heterocycles. The molecule has 5 rings (SSSR count). The molecule has 0 aromatic heterocycles. The van der Waals surface area contributed by atoms with Crippen molar-refractivity contribution in [2.45, 2.75) is 56.8 Å². The van der Waals surface area contributed by atoms with Crippen molar-refractivity contribution in [1.82, 2.24) is 26.2 Å². The second-order valence-electron chi connectivity index (χ2n) is 10.9. The highest BCUT2D eigenvalue weighted by atomic mass is 16.5. The summed E-state index contributed by atoms with van der Waals surface area (Å²) in [4.78, 5) is 55.1. The summed E-state index contributed by atoms with van der Waals surface area (Å²) in [5.74, 6) is -0.891. The molecule has 0 saturated carbocycles. The molecule has 1 saturated heterocycles. The van der Waals surface area contributed by atoms with Crippen molar-refractivity contribution in [1.29, 1.82) is 0 Å². The van der Waals surface area contributed by atoms with Crippen molar-refractivity contribution >= 4 is 23.6 Å². The van der Waals surface area contributed by atoms with Gasteiger partial charge in [-0.3, -0.25) is 19.2 Å². The molecule has 0 radical (unpaired) electrons. The highest BCUT2D eigenvalue weighted by molar-refractivity contribution is 5.95. The van der Waals surface area contributed by atoms with E-state index in [0.29, 0.717) is 44.0 Å². The van der Waals surface area contributed by atoms with Crippen LogP contribution in [0.15, 0.2) is 54.6 Å². The molecule has 2 aromatic carbocycles. The summed E-state index contributed by atoms with van der Waals surface area (Å²) in [5, 5.41) is 20.4. The number of fused-ring (bicyclic) bond motifs is 15. The van der Waals surface area contributed by atoms with Crippen molar-refractivity contribution in [3.8, 4) is 11.5 Å². The lowest BCUT2D eigenvalue weighted by Crippen LogP contribution is -2.61. The van der Waals surface area contributed by atoms with Gasteiger partial charge in [-0.2, -0.15) is 0 Å². The average Bonchev–Trinajstić information content (AvgIpc) is 3.00. The molecule has 12 nitrogen and oxygen atoms in total. The first-order chi connectivity index (χ1) is 20.7. The van der Waals surface area contributed by atoms with Crippen LogP contribution in [0.4, 0.5) is 0 Å². The number of nitrogens with zero attached hydrogens (tertiary/aromatic N) is 1. The van der Waals surface area contributed by atoms with Crippen LogP contribution in [0.2, 0.25) is 0 Å². The molecule has 2 bridgehead atoms. The number of benzene rings is 2. The Morgan fingerprint density at radius 3 is 2.16 bits per heavy atom. The average molecular weight is 596 g/mol. The van der Waals surface area contributed by atoms with Crippen molar-refractivity contribution in [2.75, 3.05) is 39.4 Å². The van der Waals surface area contributed by atoms with Gasteiger partial charge in [0, 0.05) is 38.9 Å². The van der Waals surface area contributed by atoms with E-state index in [-0.39, 0.29) is 26.2 Å². The topological polar surface area (TPSA) is 158 Å². The molecule has 3 atom stereocenters. The quantitative estimate of drug-likeness (QED) is 0.312. The van der Waals surface area contributed by atoms with Crippen molar-refractivity contribution in [3.63, 3.8) is 0 Å². The molecule has 1 spiro atoms. The van der Waals surface area contributed by atoms with E-state index in [2.05, 4.69) is 26.2 Å². The Balaban J connectivity index is 1.58. The molecule has 0 aliphatic carbocycles. The third-order valence-corrected chi connectivity index (χ3v) is 7.71. The van der Waals surface area contributed by atoms with Crippen LogP contribution in [-0.2, 0) is 25.6 Å². The fourth-order valence-electron chi connectivity index (χ4n) is 5.11. The first-order valence-electron chi connectivity index (χ1n) is 14.7. The summed E-state index contributed by atoms with van der Waals surface area (Å²) in [6, 6.07) is 13.2. The molecule has 1 fully saturated rings. The number of β-amino-alcohol motifs (C(OH)–C–C–N with tert-alkyl or cyclic N) is 1. The minimum Gasteiger partial charge on any atom is -0.492 e. The minimum absolute atomic E-state index is 0.0128. The number of aliphatic hydroxyl groups is 1.